The first-order chi connectivity index (χ1) is 10.8. The molecule has 0 atom stereocenters. The highest BCUT2D eigenvalue weighted by Crippen LogP contribution is 2.15. The zero-order valence-electron chi connectivity index (χ0n) is 14.0. The van der Waals surface area contributed by atoms with Gasteiger partial charge in [0.15, 0.2) is 0 Å². The van der Waals surface area contributed by atoms with Gasteiger partial charge in [-0.15, -0.1) is 0 Å². The first-order valence-corrected chi connectivity index (χ1v) is 8.99. The van der Waals surface area contributed by atoms with Crippen molar-refractivity contribution in [1.29, 1.82) is 0 Å². The van der Waals surface area contributed by atoms with Crippen molar-refractivity contribution in [2.75, 3.05) is 6.61 Å². The normalized spacial score (nSPS) is 11.8. The molecule has 1 heterocycles. The van der Waals surface area contributed by atoms with E-state index in [2.05, 4.69) is 9.82 Å². The molecule has 0 unspecified atom stereocenters. The maximum atomic E-state index is 12.5. The van der Waals surface area contributed by atoms with Crippen LogP contribution in [0.2, 0.25) is 0 Å². The Morgan fingerprint density at radius 2 is 2.04 bits per heavy atom. The average Bonchev–Trinajstić information content (AvgIpc) is 2.76. The van der Waals surface area contributed by atoms with Crippen molar-refractivity contribution >= 4 is 10.0 Å². The lowest BCUT2D eigenvalue weighted by molar-refractivity contribution is 0.134. The molecule has 23 heavy (non-hydrogen) atoms. The molecule has 1 aromatic heterocycles. The lowest BCUT2D eigenvalue weighted by Gasteiger charge is -2.09. The molecule has 2 rings (SSSR count). The van der Waals surface area contributed by atoms with Crippen LogP contribution in [-0.2, 0) is 35.0 Å². The van der Waals surface area contributed by atoms with Crippen LogP contribution in [-0.4, -0.2) is 24.8 Å². The number of nitrogens with one attached hydrogen (secondary N) is 1. The molecule has 2 aromatic rings. The van der Waals surface area contributed by atoms with Crippen molar-refractivity contribution < 1.29 is 13.2 Å². The minimum Gasteiger partial charge on any atom is -0.377 e. The van der Waals surface area contributed by atoms with E-state index in [4.69, 9.17) is 4.74 Å². The van der Waals surface area contributed by atoms with E-state index >= 15 is 0 Å². The molecule has 0 amide bonds. The lowest BCUT2D eigenvalue weighted by Crippen LogP contribution is -2.24. The van der Waals surface area contributed by atoms with Crippen molar-refractivity contribution in [3.63, 3.8) is 0 Å². The van der Waals surface area contributed by atoms with Crippen molar-refractivity contribution in [3.05, 3.63) is 46.8 Å². The smallest absolute Gasteiger partial charge is 0.240 e. The van der Waals surface area contributed by atoms with E-state index in [1.165, 1.54) is 0 Å². The Balaban J connectivity index is 2.15. The first-order valence-electron chi connectivity index (χ1n) is 7.50. The number of sulfonamides is 1. The van der Waals surface area contributed by atoms with E-state index in [1.807, 2.05) is 33.9 Å². The fraction of sp³-hybridized carbons (Fsp3) is 0.438. The highest BCUT2D eigenvalue weighted by Gasteiger charge is 2.17. The minimum absolute atomic E-state index is 0.226. The number of ether oxygens (including phenoxy) is 1. The Hall–Kier alpha value is -1.70. The SMILES string of the molecule is CCOCc1cccc(S(=O)(=O)NCc2c(C)nn(C)c2C)c1. The van der Waals surface area contributed by atoms with E-state index in [-0.39, 0.29) is 11.4 Å². The number of nitrogens with zero attached hydrogens (tertiary/aromatic N) is 2. The molecule has 6 nitrogen and oxygen atoms in total. The third-order valence-electron chi connectivity index (χ3n) is 3.78. The summed E-state index contributed by atoms with van der Waals surface area (Å²) >= 11 is 0. The average molecular weight is 337 g/mol. The third-order valence-corrected chi connectivity index (χ3v) is 5.18. The topological polar surface area (TPSA) is 73.2 Å². The van der Waals surface area contributed by atoms with Gasteiger partial charge < -0.3 is 4.74 Å². The zero-order chi connectivity index (χ0) is 17.0. The molecular formula is C16H23N3O3S. The fourth-order valence-corrected chi connectivity index (χ4v) is 3.41. The van der Waals surface area contributed by atoms with Crippen LogP contribution in [0.25, 0.3) is 0 Å². The summed E-state index contributed by atoms with van der Waals surface area (Å²) in [5.41, 5.74) is 3.53. The van der Waals surface area contributed by atoms with Gasteiger partial charge in [-0.2, -0.15) is 5.10 Å². The molecule has 1 N–H and O–H groups in total. The van der Waals surface area contributed by atoms with Crippen molar-refractivity contribution in [2.45, 2.75) is 38.8 Å². The largest absolute Gasteiger partial charge is 0.377 e. The van der Waals surface area contributed by atoms with Gasteiger partial charge in [0.25, 0.3) is 0 Å². The van der Waals surface area contributed by atoms with E-state index < -0.39 is 10.0 Å². The van der Waals surface area contributed by atoms with E-state index in [0.29, 0.717) is 13.2 Å². The number of hydrogen-bond acceptors (Lipinski definition) is 4. The lowest BCUT2D eigenvalue weighted by atomic mass is 10.2. The summed E-state index contributed by atoms with van der Waals surface area (Å²) in [6, 6.07) is 6.80. The van der Waals surface area contributed by atoms with Gasteiger partial charge in [-0.1, -0.05) is 12.1 Å². The molecule has 1 aromatic carbocycles. The summed E-state index contributed by atoms with van der Waals surface area (Å²) in [5, 5.41) is 4.30. The number of hydrogen-bond donors (Lipinski definition) is 1. The predicted octanol–water partition coefficient (Wildman–Crippen LogP) is 2.05. The fourth-order valence-electron chi connectivity index (χ4n) is 2.35. The van der Waals surface area contributed by atoms with Gasteiger partial charge in [-0.05, 0) is 38.5 Å². The summed E-state index contributed by atoms with van der Waals surface area (Å²) in [6.07, 6.45) is 0. The number of aryl methyl sites for hydroxylation is 2. The Kier molecular flexibility index (Phi) is 5.56. The van der Waals surface area contributed by atoms with Crippen LogP contribution in [0.4, 0.5) is 0 Å². The second-order valence-electron chi connectivity index (χ2n) is 5.38. The highest BCUT2D eigenvalue weighted by atomic mass is 32.2. The first kappa shape index (κ1) is 17.7. The van der Waals surface area contributed by atoms with Crippen LogP contribution < -0.4 is 4.72 Å². The Labute approximate surface area is 137 Å². The van der Waals surface area contributed by atoms with Crippen LogP contribution in [0.15, 0.2) is 29.2 Å². The predicted molar refractivity (Wildman–Crippen MR) is 88.5 cm³/mol. The van der Waals surface area contributed by atoms with Gasteiger partial charge in [0.05, 0.1) is 17.2 Å². The quantitative estimate of drug-likeness (QED) is 0.839. The molecule has 0 aliphatic carbocycles. The summed E-state index contributed by atoms with van der Waals surface area (Å²) in [4.78, 5) is 0.244. The second kappa shape index (κ2) is 7.25. The molecule has 0 spiro atoms. The molecular weight excluding hydrogens is 314 g/mol. The van der Waals surface area contributed by atoms with Crippen molar-refractivity contribution in [1.82, 2.24) is 14.5 Å². The van der Waals surface area contributed by atoms with Gasteiger partial charge in [0, 0.05) is 31.5 Å². The highest BCUT2D eigenvalue weighted by molar-refractivity contribution is 7.89. The summed E-state index contributed by atoms with van der Waals surface area (Å²) in [7, 11) is -1.73. The molecule has 0 saturated carbocycles. The summed E-state index contributed by atoms with van der Waals surface area (Å²) in [5.74, 6) is 0. The van der Waals surface area contributed by atoms with Gasteiger partial charge in [-0.3, -0.25) is 4.68 Å². The molecule has 7 heteroatoms. The van der Waals surface area contributed by atoms with Gasteiger partial charge >= 0.3 is 0 Å². The number of benzene rings is 1. The van der Waals surface area contributed by atoms with Gasteiger partial charge in [0.1, 0.15) is 0 Å². The summed E-state index contributed by atoms with van der Waals surface area (Å²) < 4.78 is 34.7. The summed E-state index contributed by atoms with van der Waals surface area (Å²) in [6.45, 7) is 6.92. The Morgan fingerprint density at radius 1 is 1.30 bits per heavy atom. The molecule has 0 saturated heterocycles. The zero-order valence-corrected chi connectivity index (χ0v) is 14.8. The molecule has 0 aliphatic rings. The van der Waals surface area contributed by atoms with E-state index in [1.54, 1.807) is 22.9 Å². The molecule has 0 bridgehead atoms. The number of rotatable bonds is 7. The second-order valence-corrected chi connectivity index (χ2v) is 7.15. The van der Waals surface area contributed by atoms with Crippen LogP contribution in [0.5, 0.6) is 0 Å². The number of aromatic nitrogens is 2. The van der Waals surface area contributed by atoms with Gasteiger partial charge in [-0.25, -0.2) is 13.1 Å². The van der Waals surface area contributed by atoms with Crippen molar-refractivity contribution in [3.8, 4) is 0 Å². The van der Waals surface area contributed by atoms with Crippen molar-refractivity contribution in [2.24, 2.45) is 7.05 Å². The third kappa shape index (κ3) is 4.19. The molecule has 0 fully saturated rings. The Bertz CT molecular complexity index is 782. The maximum absolute atomic E-state index is 12.5. The molecule has 126 valence electrons. The van der Waals surface area contributed by atoms with E-state index in [9.17, 15) is 8.42 Å². The monoisotopic (exact) mass is 337 g/mol. The molecule has 0 radical (unpaired) electrons. The Morgan fingerprint density at radius 3 is 2.65 bits per heavy atom. The van der Waals surface area contributed by atoms with Crippen LogP contribution in [0.1, 0.15) is 29.4 Å². The van der Waals surface area contributed by atoms with E-state index in [0.717, 1.165) is 22.5 Å². The van der Waals surface area contributed by atoms with Crippen LogP contribution in [0, 0.1) is 13.8 Å². The maximum Gasteiger partial charge on any atom is 0.240 e. The van der Waals surface area contributed by atoms with Crippen LogP contribution >= 0.6 is 0 Å². The van der Waals surface area contributed by atoms with Gasteiger partial charge in [0.2, 0.25) is 10.0 Å². The van der Waals surface area contributed by atoms with Crippen LogP contribution in [0.3, 0.4) is 0 Å². The minimum atomic E-state index is -3.57. The standard InChI is InChI=1S/C16H23N3O3S/c1-5-22-11-14-7-6-8-15(9-14)23(20,21)17-10-16-12(2)18-19(4)13(16)3/h6-9,17H,5,10-11H2,1-4H3. The molecule has 0 aliphatic heterocycles.